The molecule has 0 heterocycles. The van der Waals surface area contributed by atoms with Crippen LogP contribution in [0.4, 0.5) is 26.3 Å². The summed E-state index contributed by atoms with van der Waals surface area (Å²) >= 11 is 0.729. The Morgan fingerprint density at radius 2 is 1.08 bits per heavy atom. The molecule has 0 atom stereocenters. The van der Waals surface area contributed by atoms with Crippen LogP contribution in [0, 0.1) is 6.07 Å². The Hall–Kier alpha value is -2.86. The summed E-state index contributed by atoms with van der Waals surface area (Å²) in [6.07, 6.45) is -7.94. The van der Waals surface area contributed by atoms with E-state index >= 15 is 0 Å². The van der Waals surface area contributed by atoms with Gasteiger partial charge in [0.25, 0.3) is 0 Å². The minimum absolute atomic E-state index is 0. The quantitative estimate of drug-likeness (QED) is 0.151. The summed E-state index contributed by atoms with van der Waals surface area (Å²) < 4.78 is 76.7. The van der Waals surface area contributed by atoms with Crippen molar-refractivity contribution >= 4 is 3.21 Å². The summed E-state index contributed by atoms with van der Waals surface area (Å²) in [5.74, 6) is 0. The molecule has 0 amide bonds. The number of fused-ring (bicyclic) bond motifs is 3. The van der Waals surface area contributed by atoms with E-state index in [9.17, 15) is 26.3 Å². The van der Waals surface area contributed by atoms with Crippen LogP contribution in [0.1, 0.15) is 86.1 Å². The van der Waals surface area contributed by atoms with Crippen LogP contribution in [-0.4, -0.2) is 3.21 Å². The Kier molecular flexibility index (Phi) is 14.8. The molecule has 1 aliphatic carbocycles. The third kappa shape index (κ3) is 11.3. The Labute approximate surface area is 318 Å². The monoisotopic (exact) mass is 804 g/mol. The smallest absolute Gasteiger partial charge is 0.172 e. The van der Waals surface area contributed by atoms with Gasteiger partial charge in [-0.2, -0.15) is 47.5 Å². The first-order valence-electron chi connectivity index (χ1n) is 15.5. The Morgan fingerprint density at radius 1 is 0.600 bits per heavy atom. The van der Waals surface area contributed by atoms with Gasteiger partial charge in [-0.1, -0.05) is 76.3 Å². The minimum atomic E-state index is -4.49. The zero-order valence-corrected chi connectivity index (χ0v) is 32.6. The number of benzene rings is 4. The zero-order valence-electron chi connectivity index (χ0n) is 28.6. The molecular weight excluding hydrogens is 769 g/mol. The maximum absolute atomic E-state index is 12.7. The molecule has 5 aromatic rings. The Balaban J connectivity index is 0.000000293. The van der Waals surface area contributed by atoms with E-state index in [1.165, 1.54) is 57.6 Å². The fourth-order valence-corrected chi connectivity index (χ4v) is 5.94. The molecule has 0 fully saturated rings. The van der Waals surface area contributed by atoms with Crippen molar-refractivity contribution in [3.05, 3.63) is 160 Å². The van der Waals surface area contributed by atoms with E-state index in [0.717, 1.165) is 54.9 Å². The molecular formula is C41H38Cl2F6Zr-2. The molecule has 0 saturated heterocycles. The zero-order chi connectivity index (χ0) is 35.5. The summed E-state index contributed by atoms with van der Waals surface area (Å²) in [5.41, 5.74) is 7.66. The molecule has 0 nitrogen and oxygen atoms in total. The SMILES string of the molecule is CC(C)(C)c1c[c-]c2c(c1)-c1cc(C(C)(C)C)ccc1C2.FC(F)(F)c1cccc([C](=[Zr+2])c2cccc(C(F)(F)F)c2)c1.[Cl-].[Cl-].c1cc[cH-]c1. The van der Waals surface area contributed by atoms with Crippen LogP contribution >= 0.6 is 0 Å². The molecule has 0 aromatic heterocycles. The van der Waals surface area contributed by atoms with Crippen molar-refractivity contribution in [2.75, 3.05) is 0 Å². The molecule has 0 spiro atoms. The second-order valence-electron chi connectivity index (χ2n) is 13.8. The maximum atomic E-state index is 12.7. The number of alkyl halides is 6. The van der Waals surface area contributed by atoms with Crippen LogP contribution < -0.4 is 24.8 Å². The van der Waals surface area contributed by atoms with Crippen molar-refractivity contribution in [1.29, 1.82) is 0 Å². The van der Waals surface area contributed by atoms with Gasteiger partial charge < -0.3 is 24.8 Å². The van der Waals surface area contributed by atoms with Crippen LogP contribution in [0.25, 0.3) is 11.1 Å². The van der Waals surface area contributed by atoms with E-state index in [4.69, 9.17) is 0 Å². The van der Waals surface area contributed by atoms with Gasteiger partial charge in [-0.15, -0.1) is 5.56 Å². The van der Waals surface area contributed by atoms with E-state index in [1.807, 2.05) is 30.3 Å². The molecule has 0 N–H and O–H groups in total. The van der Waals surface area contributed by atoms with Gasteiger partial charge in [0.05, 0.1) is 0 Å². The van der Waals surface area contributed by atoms with Gasteiger partial charge in [0, 0.05) is 0 Å². The molecule has 6 rings (SSSR count). The number of halogens is 8. The van der Waals surface area contributed by atoms with Crippen molar-refractivity contribution < 1.29 is 75.4 Å². The molecule has 0 unspecified atom stereocenters. The average Bonchev–Trinajstić information content (AvgIpc) is 3.71. The van der Waals surface area contributed by atoms with Gasteiger partial charge in [-0.3, -0.25) is 0 Å². The second kappa shape index (κ2) is 17.1. The number of hydrogen-bond acceptors (Lipinski definition) is 0. The largest absolute Gasteiger partial charge is 1.00 e. The van der Waals surface area contributed by atoms with Crippen molar-refractivity contribution in [3.8, 4) is 11.1 Å². The Morgan fingerprint density at radius 3 is 1.50 bits per heavy atom. The summed E-state index contributed by atoms with van der Waals surface area (Å²) in [6, 6.07) is 34.2. The van der Waals surface area contributed by atoms with Gasteiger partial charge in [-0.05, 0) is 17.4 Å². The molecule has 0 aliphatic heterocycles. The Bertz CT molecular complexity index is 1720. The van der Waals surface area contributed by atoms with Crippen LogP contribution in [0.15, 0.2) is 109 Å². The summed E-state index contributed by atoms with van der Waals surface area (Å²) in [6.45, 7) is 13.6. The van der Waals surface area contributed by atoms with E-state index in [-0.39, 0.29) is 46.8 Å². The van der Waals surface area contributed by atoms with E-state index < -0.39 is 23.5 Å². The van der Waals surface area contributed by atoms with Gasteiger partial charge in [-0.25, -0.2) is 12.1 Å². The third-order valence-corrected chi connectivity index (χ3v) is 9.46. The predicted molar refractivity (Wildman–Crippen MR) is 179 cm³/mol. The first kappa shape index (κ1) is 43.3. The van der Waals surface area contributed by atoms with E-state index in [2.05, 4.69) is 77.9 Å². The molecule has 264 valence electrons. The fraction of sp³-hybridized carbons (Fsp3) is 0.268. The minimum Gasteiger partial charge on any atom is -1.00 e. The van der Waals surface area contributed by atoms with Crippen molar-refractivity contribution in [3.63, 3.8) is 0 Å². The van der Waals surface area contributed by atoms with E-state index in [1.54, 1.807) is 0 Å². The van der Waals surface area contributed by atoms with Gasteiger partial charge in [0.2, 0.25) is 0 Å². The summed E-state index contributed by atoms with van der Waals surface area (Å²) in [4.78, 5) is 0. The van der Waals surface area contributed by atoms with E-state index in [0.29, 0.717) is 3.21 Å². The van der Waals surface area contributed by atoms with Crippen LogP contribution in [-0.2, 0) is 53.8 Å². The van der Waals surface area contributed by atoms with Gasteiger partial charge in [0.15, 0.2) is 0 Å². The van der Waals surface area contributed by atoms with Gasteiger partial charge in [0.1, 0.15) is 0 Å². The first-order chi connectivity index (χ1) is 22.2. The van der Waals surface area contributed by atoms with Crippen molar-refractivity contribution in [1.82, 2.24) is 0 Å². The first-order valence-corrected chi connectivity index (χ1v) is 16.8. The van der Waals surface area contributed by atoms with Crippen LogP contribution in [0.3, 0.4) is 0 Å². The summed E-state index contributed by atoms with van der Waals surface area (Å²) in [7, 11) is 0. The van der Waals surface area contributed by atoms with Crippen LogP contribution in [0.5, 0.6) is 0 Å². The second-order valence-corrected chi connectivity index (χ2v) is 15.1. The molecule has 0 bridgehead atoms. The van der Waals surface area contributed by atoms with Crippen LogP contribution in [0.2, 0.25) is 0 Å². The number of rotatable bonds is 2. The third-order valence-electron chi connectivity index (χ3n) is 8.04. The fourth-order valence-electron chi connectivity index (χ4n) is 5.17. The van der Waals surface area contributed by atoms with Crippen molar-refractivity contribution in [2.45, 2.75) is 71.1 Å². The molecule has 0 radical (unpaired) electrons. The molecule has 50 heavy (non-hydrogen) atoms. The molecule has 9 heteroatoms. The topological polar surface area (TPSA) is 0 Å². The standard InChI is InChI=1S/C21H25.C15H8F6.C5H5.2ClH.Zr/c1-20(2,3)16-9-7-14-11-15-8-10-17(21(4,5)6)13-19(15)18(14)12-16;16-14(17,18)12-5-1-3-10(8-12)7-11-4-2-6-13(9-11)15(19,20)21;1-2-4-5-3-1;;;/h7,9-10,12-13H,11H2,1-6H3;1-6,8-9H;1-5H;2*1H;/q-1;;-1;;;+2/p-2. The number of hydrogen-bond donors (Lipinski definition) is 0. The molecule has 1 aliphatic rings. The van der Waals surface area contributed by atoms with Crippen molar-refractivity contribution in [2.24, 2.45) is 0 Å². The van der Waals surface area contributed by atoms with Gasteiger partial charge >= 0.3 is 137 Å². The average molecular weight is 807 g/mol. The summed E-state index contributed by atoms with van der Waals surface area (Å²) in [5, 5.41) is 0. The predicted octanol–water partition coefficient (Wildman–Crippen LogP) is 5.91. The molecule has 0 saturated carbocycles. The maximum Gasteiger partial charge on any atom is -0.172 e. The normalized spacial score (nSPS) is 12.1. The molecule has 5 aromatic carbocycles.